The Morgan fingerprint density at radius 2 is 1.69 bits per heavy atom. The molecule has 0 saturated carbocycles. The lowest BCUT2D eigenvalue weighted by Crippen LogP contribution is -2.50. The molecule has 1 atom stereocenters. The van der Waals surface area contributed by atoms with Crippen molar-refractivity contribution in [1.29, 1.82) is 0 Å². The Bertz CT molecular complexity index is 720. The fourth-order valence-electron chi connectivity index (χ4n) is 2.33. The highest BCUT2D eigenvalue weighted by molar-refractivity contribution is 7.99. The summed E-state index contributed by atoms with van der Waals surface area (Å²) in [5.74, 6) is -0.342. The number of rotatable bonds is 8. The number of benzene rings is 2. The largest absolute Gasteiger partial charge is 0.353 e. The third kappa shape index (κ3) is 6.19. The number of amides is 2. The Labute approximate surface area is 157 Å². The summed E-state index contributed by atoms with van der Waals surface area (Å²) in [6, 6.07) is 14.5. The van der Waals surface area contributed by atoms with E-state index in [9.17, 15) is 14.0 Å². The molecule has 4 nitrogen and oxygen atoms in total. The Balaban J connectivity index is 1.84. The molecule has 2 aromatic carbocycles. The molecule has 2 N–H and O–H groups in total. The predicted octanol–water partition coefficient (Wildman–Crippen LogP) is 3.49. The molecule has 0 aliphatic carbocycles. The molecule has 2 aromatic rings. The van der Waals surface area contributed by atoms with Crippen molar-refractivity contribution < 1.29 is 14.0 Å². The van der Waals surface area contributed by atoms with Crippen molar-refractivity contribution in [3.8, 4) is 0 Å². The predicted molar refractivity (Wildman–Crippen MR) is 103 cm³/mol. The first-order valence-corrected chi connectivity index (χ1v) is 9.48. The summed E-state index contributed by atoms with van der Waals surface area (Å²) < 4.78 is 13.0. The Kier molecular flexibility index (Phi) is 7.66. The number of carbonyl (C=O) groups is 2. The van der Waals surface area contributed by atoms with Crippen LogP contribution in [0.15, 0.2) is 59.5 Å². The van der Waals surface area contributed by atoms with Crippen molar-refractivity contribution in [3.63, 3.8) is 0 Å². The first kappa shape index (κ1) is 20.0. The summed E-state index contributed by atoms with van der Waals surface area (Å²) in [5, 5.41) is 5.60. The van der Waals surface area contributed by atoms with Crippen molar-refractivity contribution in [1.82, 2.24) is 10.6 Å². The monoisotopic (exact) mass is 374 g/mol. The molecule has 0 saturated heterocycles. The average molecular weight is 374 g/mol. The molecule has 2 rings (SSSR count). The summed E-state index contributed by atoms with van der Waals surface area (Å²) in [5.41, 5.74) is 0.324. The van der Waals surface area contributed by atoms with Crippen LogP contribution in [0.3, 0.4) is 0 Å². The van der Waals surface area contributed by atoms with Gasteiger partial charge in [0.05, 0.1) is 0 Å². The van der Waals surface area contributed by atoms with Gasteiger partial charge in [0.1, 0.15) is 11.9 Å². The number of hydrogen-bond donors (Lipinski definition) is 2. The van der Waals surface area contributed by atoms with Gasteiger partial charge in [0.2, 0.25) is 5.91 Å². The van der Waals surface area contributed by atoms with E-state index in [0.717, 1.165) is 10.6 Å². The molecule has 0 aromatic heterocycles. The van der Waals surface area contributed by atoms with E-state index in [1.54, 1.807) is 11.8 Å². The molecular weight excluding hydrogens is 351 g/mol. The van der Waals surface area contributed by atoms with Crippen molar-refractivity contribution in [3.05, 3.63) is 66.0 Å². The maximum atomic E-state index is 13.0. The van der Waals surface area contributed by atoms with Crippen LogP contribution < -0.4 is 10.6 Å². The lowest BCUT2D eigenvalue weighted by molar-refractivity contribution is -0.123. The third-order valence-electron chi connectivity index (χ3n) is 3.76. The maximum Gasteiger partial charge on any atom is 0.251 e. The molecule has 0 fully saturated rings. The Hall–Kier alpha value is -2.34. The summed E-state index contributed by atoms with van der Waals surface area (Å²) in [6.45, 7) is 4.25. The quantitative estimate of drug-likeness (QED) is 0.549. The first-order valence-electron chi connectivity index (χ1n) is 8.49. The van der Waals surface area contributed by atoms with Crippen LogP contribution in [0.4, 0.5) is 4.39 Å². The second kappa shape index (κ2) is 9.97. The van der Waals surface area contributed by atoms with Gasteiger partial charge in [-0.2, -0.15) is 0 Å². The SMILES string of the molecule is CC(C)[C@H](NC(=O)c1ccc(F)cc1)C(=O)NCCSc1ccccc1. The van der Waals surface area contributed by atoms with E-state index in [0.29, 0.717) is 12.1 Å². The van der Waals surface area contributed by atoms with Gasteiger partial charge >= 0.3 is 0 Å². The van der Waals surface area contributed by atoms with Gasteiger partial charge in [0, 0.05) is 22.8 Å². The topological polar surface area (TPSA) is 58.2 Å². The molecule has 26 heavy (non-hydrogen) atoms. The minimum Gasteiger partial charge on any atom is -0.353 e. The highest BCUT2D eigenvalue weighted by atomic mass is 32.2. The maximum absolute atomic E-state index is 13.0. The Morgan fingerprint density at radius 3 is 2.31 bits per heavy atom. The number of carbonyl (C=O) groups excluding carboxylic acids is 2. The highest BCUT2D eigenvalue weighted by Crippen LogP contribution is 2.15. The lowest BCUT2D eigenvalue weighted by Gasteiger charge is -2.21. The van der Waals surface area contributed by atoms with Gasteiger partial charge < -0.3 is 10.6 Å². The number of thioether (sulfide) groups is 1. The van der Waals surface area contributed by atoms with Crippen molar-refractivity contribution in [2.24, 2.45) is 5.92 Å². The molecule has 0 radical (unpaired) electrons. The zero-order valence-corrected chi connectivity index (χ0v) is 15.7. The third-order valence-corrected chi connectivity index (χ3v) is 4.77. The smallest absolute Gasteiger partial charge is 0.251 e. The van der Waals surface area contributed by atoms with Gasteiger partial charge in [0.15, 0.2) is 0 Å². The standard InChI is InChI=1S/C20H23FN2O2S/c1-14(2)18(23-19(24)15-8-10-16(21)11-9-15)20(25)22-12-13-26-17-6-4-3-5-7-17/h3-11,14,18H,12-13H2,1-2H3,(H,22,25)(H,23,24)/t18-/m0/s1. The molecule has 0 unspecified atom stereocenters. The summed E-state index contributed by atoms with van der Waals surface area (Å²) in [4.78, 5) is 25.8. The molecule has 0 bridgehead atoms. The second-order valence-electron chi connectivity index (χ2n) is 6.15. The van der Waals surface area contributed by atoms with E-state index in [1.165, 1.54) is 24.3 Å². The number of hydrogen-bond acceptors (Lipinski definition) is 3. The van der Waals surface area contributed by atoms with Crippen LogP contribution in [0.5, 0.6) is 0 Å². The molecule has 6 heteroatoms. The number of nitrogens with one attached hydrogen (secondary N) is 2. The molecule has 2 amide bonds. The van der Waals surface area contributed by atoms with Gasteiger partial charge in [0.25, 0.3) is 5.91 Å². The van der Waals surface area contributed by atoms with Gasteiger partial charge in [-0.15, -0.1) is 11.8 Å². The van der Waals surface area contributed by atoms with Gasteiger partial charge in [-0.05, 0) is 42.3 Å². The summed E-state index contributed by atoms with van der Waals surface area (Å²) in [7, 11) is 0. The zero-order chi connectivity index (χ0) is 18.9. The van der Waals surface area contributed by atoms with E-state index in [4.69, 9.17) is 0 Å². The van der Waals surface area contributed by atoms with Gasteiger partial charge in [-0.1, -0.05) is 32.0 Å². The van der Waals surface area contributed by atoms with Crippen LogP contribution in [0.2, 0.25) is 0 Å². The fourth-order valence-corrected chi connectivity index (χ4v) is 3.12. The molecule has 138 valence electrons. The van der Waals surface area contributed by atoms with Gasteiger partial charge in [-0.25, -0.2) is 4.39 Å². The number of halogens is 1. The van der Waals surface area contributed by atoms with E-state index in [1.807, 2.05) is 44.2 Å². The molecule has 0 spiro atoms. The molecule has 0 aliphatic heterocycles. The summed E-state index contributed by atoms with van der Waals surface area (Å²) in [6.07, 6.45) is 0. The molecular formula is C20H23FN2O2S. The zero-order valence-electron chi connectivity index (χ0n) is 14.9. The lowest BCUT2D eigenvalue weighted by atomic mass is 10.0. The average Bonchev–Trinajstić information content (AvgIpc) is 2.64. The van der Waals surface area contributed by atoms with Crippen LogP contribution in [0, 0.1) is 11.7 Å². The van der Waals surface area contributed by atoms with Crippen LogP contribution in [0.25, 0.3) is 0 Å². The van der Waals surface area contributed by atoms with Crippen LogP contribution >= 0.6 is 11.8 Å². The van der Waals surface area contributed by atoms with E-state index >= 15 is 0 Å². The minimum absolute atomic E-state index is 0.0684. The highest BCUT2D eigenvalue weighted by Gasteiger charge is 2.24. The van der Waals surface area contributed by atoms with Crippen LogP contribution in [0.1, 0.15) is 24.2 Å². The van der Waals surface area contributed by atoms with Gasteiger partial charge in [-0.3, -0.25) is 9.59 Å². The Morgan fingerprint density at radius 1 is 1.04 bits per heavy atom. The normalized spacial score (nSPS) is 11.8. The first-order chi connectivity index (χ1) is 12.5. The van der Waals surface area contributed by atoms with E-state index < -0.39 is 17.8 Å². The van der Waals surface area contributed by atoms with E-state index in [2.05, 4.69) is 10.6 Å². The van der Waals surface area contributed by atoms with E-state index in [-0.39, 0.29) is 11.8 Å². The van der Waals surface area contributed by atoms with Crippen LogP contribution in [-0.2, 0) is 4.79 Å². The van der Waals surface area contributed by atoms with Crippen molar-refractivity contribution >= 4 is 23.6 Å². The summed E-state index contributed by atoms with van der Waals surface area (Å²) >= 11 is 1.66. The molecule has 0 heterocycles. The van der Waals surface area contributed by atoms with Crippen LogP contribution in [-0.4, -0.2) is 30.2 Å². The van der Waals surface area contributed by atoms with Crippen molar-refractivity contribution in [2.75, 3.05) is 12.3 Å². The fraction of sp³-hybridized carbons (Fsp3) is 0.300. The second-order valence-corrected chi connectivity index (χ2v) is 7.32. The van der Waals surface area contributed by atoms with Crippen molar-refractivity contribution in [2.45, 2.75) is 24.8 Å². The minimum atomic E-state index is -0.644. The molecule has 0 aliphatic rings.